The molecular weight excluding hydrogens is 386 g/mol. The number of hydrogen-bond donors (Lipinski definition) is 1. The second-order valence-corrected chi connectivity index (χ2v) is 7.25. The van der Waals surface area contributed by atoms with Gasteiger partial charge in [0.05, 0.1) is 6.61 Å². The van der Waals surface area contributed by atoms with E-state index in [0.29, 0.717) is 6.54 Å². The van der Waals surface area contributed by atoms with Crippen LogP contribution < -0.4 is 9.47 Å². The van der Waals surface area contributed by atoms with Crippen LogP contribution in [0.3, 0.4) is 0 Å². The summed E-state index contributed by atoms with van der Waals surface area (Å²) >= 11 is 0. The van der Waals surface area contributed by atoms with Crippen LogP contribution in [0.5, 0.6) is 11.5 Å². The highest BCUT2D eigenvalue weighted by Crippen LogP contribution is 2.38. The van der Waals surface area contributed by atoms with Gasteiger partial charge in [0.1, 0.15) is 0 Å². The highest BCUT2D eigenvalue weighted by molar-refractivity contribution is 6.08. The van der Waals surface area contributed by atoms with Crippen LogP contribution in [-0.4, -0.2) is 23.1 Å². The Bertz CT molecular complexity index is 1250. The van der Waals surface area contributed by atoms with Crippen molar-refractivity contribution in [3.63, 3.8) is 0 Å². The predicted molar refractivity (Wildman–Crippen MR) is 128 cm³/mol. The lowest BCUT2D eigenvalue weighted by molar-refractivity contribution is 0.174. The van der Waals surface area contributed by atoms with Crippen LogP contribution in [0.1, 0.15) is 13.8 Å². The van der Waals surface area contributed by atoms with Gasteiger partial charge in [-0.15, -0.1) is 0 Å². The molecule has 0 aliphatic carbocycles. The van der Waals surface area contributed by atoms with Gasteiger partial charge in [-0.25, -0.2) is 0 Å². The van der Waals surface area contributed by atoms with Gasteiger partial charge in [-0.3, -0.25) is 0 Å². The van der Waals surface area contributed by atoms with Crippen LogP contribution in [0, 0.1) is 0 Å². The monoisotopic (exact) mass is 413 g/mol. The number of nitrogens with zero attached hydrogens (tertiary/aromatic N) is 1. The lowest BCUT2D eigenvalue weighted by Crippen LogP contribution is -1.98. The molecule has 0 atom stereocenters. The first-order valence-corrected chi connectivity index (χ1v) is 10.5. The lowest BCUT2D eigenvalue weighted by Gasteiger charge is -2.10. The molecule has 0 saturated heterocycles. The van der Waals surface area contributed by atoms with Gasteiger partial charge in [-0.2, -0.15) is 0 Å². The zero-order valence-corrected chi connectivity index (χ0v) is 17.9. The van der Waals surface area contributed by atoms with Gasteiger partial charge < -0.3 is 19.1 Å². The summed E-state index contributed by atoms with van der Waals surface area (Å²) < 4.78 is 13.3. The number of allylic oxidation sites excluding steroid dienone is 3. The van der Waals surface area contributed by atoms with Crippen molar-refractivity contribution in [1.82, 2.24) is 4.57 Å². The number of fused-ring (bicyclic) bond motifs is 4. The molecule has 31 heavy (non-hydrogen) atoms. The van der Waals surface area contributed by atoms with Crippen molar-refractivity contribution >= 4 is 21.7 Å². The largest absolute Gasteiger partial charge is 0.454 e. The molecule has 0 fully saturated rings. The minimum atomic E-state index is 0.0431. The number of benzene rings is 3. The molecule has 0 radical (unpaired) electrons. The van der Waals surface area contributed by atoms with E-state index in [1.807, 2.05) is 44.2 Å². The van der Waals surface area contributed by atoms with Crippen LogP contribution in [-0.2, 0) is 6.54 Å². The van der Waals surface area contributed by atoms with Gasteiger partial charge in [-0.1, -0.05) is 54.6 Å². The maximum Gasteiger partial charge on any atom is 0.231 e. The number of ether oxygens (including phenoxy) is 2. The fourth-order valence-electron chi connectivity index (χ4n) is 3.76. The smallest absolute Gasteiger partial charge is 0.231 e. The maximum absolute atomic E-state index is 9.12. The molecule has 158 valence electrons. The fraction of sp³-hybridized carbons (Fsp3) is 0.185. The summed E-state index contributed by atoms with van der Waals surface area (Å²) in [5.74, 6) is 1.56. The van der Waals surface area contributed by atoms with Crippen molar-refractivity contribution in [2.24, 2.45) is 0 Å². The van der Waals surface area contributed by atoms with Gasteiger partial charge in [0, 0.05) is 28.7 Å². The zero-order chi connectivity index (χ0) is 21.6. The molecule has 4 aromatic rings. The van der Waals surface area contributed by atoms with Crippen molar-refractivity contribution in [3.8, 4) is 22.8 Å². The third-order valence-corrected chi connectivity index (χ3v) is 5.37. The summed E-state index contributed by atoms with van der Waals surface area (Å²) in [5.41, 5.74) is 3.36. The molecule has 0 saturated carbocycles. The summed E-state index contributed by atoms with van der Waals surface area (Å²) in [6, 6.07) is 21.1. The van der Waals surface area contributed by atoms with Crippen molar-refractivity contribution in [1.29, 1.82) is 0 Å². The first-order chi connectivity index (χ1) is 15.3. The number of aromatic nitrogens is 1. The summed E-state index contributed by atoms with van der Waals surface area (Å²) in [6.45, 7) is 5.00. The molecule has 0 spiro atoms. The van der Waals surface area contributed by atoms with Gasteiger partial charge in [0.2, 0.25) is 6.79 Å². The zero-order valence-electron chi connectivity index (χ0n) is 17.9. The standard InChI is InChI=1S/C23H19NO3.C4H8/c25-12-4-3-11-24-20-9-7-16-5-1-2-6-18(16)19(20)14-21(24)17-8-10-22-23(13-17)27-15-26-22;1-3-4-2/h1-10,13-14,25H,11-12,15H2;3-4H,1-2H3/b4-3+;4-3-. The molecule has 1 aliphatic heterocycles. The molecule has 5 rings (SSSR count). The molecule has 4 nitrogen and oxygen atoms in total. The first kappa shape index (κ1) is 20.8. The summed E-state index contributed by atoms with van der Waals surface area (Å²) in [5, 5.41) is 12.8. The van der Waals surface area contributed by atoms with E-state index in [0.717, 1.165) is 22.8 Å². The Balaban J connectivity index is 0.000000535. The molecule has 0 bridgehead atoms. The third-order valence-electron chi connectivity index (χ3n) is 5.37. The first-order valence-electron chi connectivity index (χ1n) is 10.5. The molecule has 1 N–H and O–H groups in total. The van der Waals surface area contributed by atoms with E-state index in [9.17, 15) is 0 Å². The molecular formula is C27H27NO3. The quantitative estimate of drug-likeness (QED) is 0.398. The molecule has 3 aromatic carbocycles. The predicted octanol–water partition coefficient (Wildman–Crippen LogP) is 6.32. The second-order valence-electron chi connectivity index (χ2n) is 7.25. The van der Waals surface area contributed by atoms with Crippen LogP contribution in [0.25, 0.3) is 32.9 Å². The number of rotatable bonds is 4. The third kappa shape index (κ3) is 4.21. The SMILES string of the molecule is C/C=C\C.OC/C=C/Cn1c(-c2ccc3c(c2)OCO3)cc2c3ccccc3ccc21. The van der Waals surface area contributed by atoms with E-state index in [2.05, 4.69) is 53.1 Å². The van der Waals surface area contributed by atoms with Crippen LogP contribution in [0.15, 0.2) is 85.0 Å². The normalized spacial score (nSPS) is 12.7. The summed E-state index contributed by atoms with van der Waals surface area (Å²) in [6.07, 6.45) is 7.77. The topological polar surface area (TPSA) is 43.6 Å². The highest BCUT2D eigenvalue weighted by Gasteiger charge is 2.17. The molecule has 1 aromatic heterocycles. The highest BCUT2D eigenvalue weighted by atomic mass is 16.7. The Morgan fingerprint density at radius 1 is 0.871 bits per heavy atom. The summed E-state index contributed by atoms with van der Waals surface area (Å²) in [4.78, 5) is 0. The Hall–Kier alpha value is -3.50. The van der Waals surface area contributed by atoms with Gasteiger partial charge in [0.15, 0.2) is 11.5 Å². The van der Waals surface area contributed by atoms with E-state index >= 15 is 0 Å². The average Bonchev–Trinajstić information content (AvgIpc) is 3.43. The van der Waals surface area contributed by atoms with Crippen molar-refractivity contribution in [2.45, 2.75) is 20.4 Å². The minimum Gasteiger partial charge on any atom is -0.454 e. The van der Waals surface area contributed by atoms with Crippen molar-refractivity contribution in [3.05, 3.63) is 85.0 Å². The van der Waals surface area contributed by atoms with Gasteiger partial charge in [-0.05, 0) is 55.0 Å². The Morgan fingerprint density at radius 3 is 2.48 bits per heavy atom. The van der Waals surface area contributed by atoms with E-state index < -0.39 is 0 Å². The van der Waals surface area contributed by atoms with E-state index in [4.69, 9.17) is 14.6 Å². The lowest BCUT2D eigenvalue weighted by atomic mass is 10.1. The average molecular weight is 414 g/mol. The molecule has 1 aliphatic rings. The van der Waals surface area contributed by atoms with Gasteiger partial charge in [0.25, 0.3) is 0 Å². The Morgan fingerprint density at radius 2 is 1.68 bits per heavy atom. The summed E-state index contributed by atoms with van der Waals surface area (Å²) in [7, 11) is 0. The molecule has 0 unspecified atom stereocenters. The van der Waals surface area contributed by atoms with Gasteiger partial charge >= 0.3 is 0 Å². The Labute approximate surface area is 182 Å². The number of aliphatic hydroxyl groups is 1. The van der Waals surface area contributed by atoms with E-state index in [1.54, 1.807) is 6.08 Å². The fourth-order valence-corrected chi connectivity index (χ4v) is 3.76. The second kappa shape index (κ2) is 9.54. The van der Waals surface area contributed by atoms with Crippen LogP contribution in [0.2, 0.25) is 0 Å². The minimum absolute atomic E-state index is 0.0431. The van der Waals surface area contributed by atoms with Crippen molar-refractivity contribution in [2.75, 3.05) is 13.4 Å². The van der Waals surface area contributed by atoms with E-state index in [-0.39, 0.29) is 13.4 Å². The van der Waals surface area contributed by atoms with Crippen LogP contribution in [0.4, 0.5) is 0 Å². The Kier molecular flexibility index (Phi) is 6.39. The van der Waals surface area contributed by atoms with Crippen LogP contribution >= 0.6 is 0 Å². The number of hydrogen-bond acceptors (Lipinski definition) is 3. The van der Waals surface area contributed by atoms with E-state index in [1.165, 1.54) is 21.7 Å². The maximum atomic E-state index is 9.12. The molecule has 0 amide bonds. The van der Waals surface area contributed by atoms with Crippen molar-refractivity contribution < 1.29 is 14.6 Å². The molecule has 2 heterocycles. The number of aliphatic hydroxyl groups excluding tert-OH is 1. The molecule has 4 heteroatoms.